The van der Waals surface area contributed by atoms with E-state index in [0.717, 1.165) is 5.56 Å². The molecule has 0 amide bonds. The Hall–Kier alpha value is -3.82. The summed E-state index contributed by atoms with van der Waals surface area (Å²) in [4.78, 5) is 17.9. The van der Waals surface area contributed by atoms with E-state index in [-0.39, 0.29) is 5.56 Å². The number of ether oxygens (including phenoxy) is 3. The van der Waals surface area contributed by atoms with Gasteiger partial charge in [0.1, 0.15) is 16.1 Å². The average Bonchev–Trinajstić information content (AvgIpc) is 3.56. The van der Waals surface area contributed by atoms with Crippen LogP contribution < -0.4 is 24.3 Å². The molecule has 0 saturated heterocycles. The molecule has 0 spiro atoms. The molecule has 172 valence electrons. The lowest BCUT2D eigenvalue weighted by Gasteiger charge is -2.12. The number of aromatic nitrogens is 3. The quantitative estimate of drug-likeness (QED) is 0.347. The molecule has 0 atom stereocenters. The molecule has 0 aliphatic heterocycles. The Morgan fingerprint density at radius 3 is 2.29 bits per heavy atom. The van der Waals surface area contributed by atoms with Gasteiger partial charge in [-0.15, -0.1) is 5.10 Å². The summed E-state index contributed by atoms with van der Waals surface area (Å²) in [6.45, 7) is 0. The summed E-state index contributed by atoms with van der Waals surface area (Å²) >= 11 is 7.17. The predicted molar refractivity (Wildman–Crippen MR) is 130 cm³/mol. The highest BCUT2D eigenvalue weighted by molar-refractivity contribution is 7.15. The van der Waals surface area contributed by atoms with E-state index < -0.39 is 0 Å². The van der Waals surface area contributed by atoms with Crippen LogP contribution in [-0.4, -0.2) is 35.9 Å². The average molecular weight is 496 g/mol. The highest BCUT2D eigenvalue weighted by Gasteiger charge is 2.18. The van der Waals surface area contributed by atoms with Crippen LogP contribution >= 0.6 is 22.9 Å². The Bertz CT molecular complexity index is 1580. The predicted octanol–water partition coefficient (Wildman–Crippen LogP) is 4.30. The van der Waals surface area contributed by atoms with Crippen LogP contribution in [0.25, 0.3) is 33.7 Å². The molecule has 0 aliphatic carbocycles. The maximum absolute atomic E-state index is 13.0. The number of fused-ring (bicyclic) bond motifs is 1. The van der Waals surface area contributed by atoms with Gasteiger partial charge in [0.25, 0.3) is 5.56 Å². The molecule has 0 radical (unpaired) electrons. The van der Waals surface area contributed by atoms with Gasteiger partial charge in [0.05, 0.1) is 21.3 Å². The summed E-state index contributed by atoms with van der Waals surface area (Å²) in [5, 5.41) is 5.05. The van der Waals surface area contributed by atoms with Gasteiger partial charge >= 0.3 is 0 Å². The van der Waals surface area contributed by atoms with E-state index in [1.807, 2.05) is 18.2 Å². The minimum Gasteiger partial charge on any atom is -0.493 e. The molecule has 0 fully saturated rings. The highest BCUT2D eigenvalue weighted by atomic mass is 35.5. The first-order chi connectivity index (χ1) is 16.5. The number of methoxy groups -OCH3 is 3. The van der Waals surface area contributed by atoms with Crippen LogP contribution in [0, 0.1) is 0 Å². The Kier molecular flexibility index (Phi) is 5.72. The third-order valence-electron chi connectivity index (χ3n) is 5.13. The van der Waals surface area contributed by atoms with Crippen LogP contribution in [0.4, 0.5) is 0 Å². The van der Waals surface area contributed by atoms with Crippen molar-refractivity contribution in [2.45, 2.75) is 0 Å². The van der Waals surface area contributed by atoms with Gasteiger partial charge in [0, 0.05) is 22.2 Å². The van der Waals surface area contributed by atoms with Gasteiger partial charge in [-0.25, -0.2) is 0 Å². The van der Waals surface area contributed by atoms with Crippen LogP contribution in [0.15, 0.2) is 57.7 Å². The fraction of sp³-hybridized carbons (Fsp3) is 0.125. The Morgan fingerprint density at radius 1 is 0.971 bits per heavy atom. The first-order valence-corrected chi connectivity index (χ1v) is 11.3. The summed E-state index contributed by atoms with van der Waals surface area (Å²) in [5.74, 6) is 3.02. The number of thiazole rings is 1. The summed E-state index contributed by atoms with van der Waals surface area (Å²) in [6, 6.07) is 14.5. The molecule has 0 N–H and O–H groups in total. The van der Waals surface area contributed by atoms with Crippen molar-refractivity contribution in [3.8, 4) is 40.0 Å². The fourth-order valence-electron chi connectivity index (χ4n) is 3.50. The van der Waals surface area contributed by atoms with E-state index in [1.165, 1.54) is 37.2 Å². The molecular weight excluding hydrogens is 478 g/mol. The van der Waals surface area contributed by atoms with E-state index in [9.17, 15) is 4.79 Å². The first kappa shape index (κ1) is 22.0. The van der Waals surface area contributed by atoms with Crippen molar-refractivity contribution >= 4 is 34.0 Å². The molecule has 10 heteroatoms. The van der Waals surface area contributed by atoms with Gasteiger partial charge in [0.2, 0.25) is 10.7 Å². The second kappa shape index (κ2) is 8.85. The molecule has 3 aromatic heterocycles. The number of furan rings is 1. The van der Waals surface area contributed by atoms with E-state index in [0.29, 0.717) is 54.7 Å². The van der Waals surface area contributed by atoms with Gasteiger partial charge in [-0.05, 0) is 48.5 Å². The number of hydrogen-bond donors (Lipinski definition) is 0. The lowest BCUT2D eigenvalue weighted by molar-refractivity contribution is 0.324. The number of halogens is 1. The van der Waals surface area contributed by atoms with Gasteiger partial charge in [0.15, 0.2) is 17.3 Å². The van der Waals surface area contributed by atoms with Gasteiger partial charge < -0.3 is 18.6 Å². The largest absolute Gasteiger partial charge is 0.493 e. The summed E-state index contributed by atoms with van der Waals surface area (Å²) in [7, 11) is 4.60. The molecule has 5 rings (SSSR count). The Morgan fingerprint density at radius 2 is 1.68 bits per heavy atom. The number of hydrogen-bond acceptors (Lipinski definition) is 8. The van der Waals surface area contributed by atoms with Crippen LogP contribution in [0.3, 0.4) is 0 Å². The van der Waals surface area contributed by atoms with E-state index >= 15 is 0 Å². The number of benzene rings is 2. The topological polar surface area (TPSA) is 88.1 Å². The summed E-state index contributed by atoms with van der Waals surface area (Å²) in [5.41, 5.74) is 1.24. The zero-order chi connectivity index (χ0) is 23.8. The molecule has 3 heterocycles. The summed E-state index contributed by atoms with van der Waals surface area (Å²) in [6.07, 6.45) is 1.68. The molecular formula is C24H18ClN3O5S. The van der Waals surface area contributed by atoms with Crippen molar-refractivity contribution in [3.63, 3.8) is 0 Å². The van der Waals surface area contributed by atoms with E-state index in [2.05, 4.69) is 10.1 Å². The Labute approximate surface area is 202 Å². The zero-order valence-corrected chi connectivity index (χ0v) is 19.9. The second-order valence-corrected chi connectivity index (χ2v) is 8.61. The van der Waals surface area contributed by atoms with Gasteiger partial charge in [-0.1, -0.05) is 22.9 Å². The maximum Gasteiger partial charge on any atom is 0.291 e. The molecule has 0 saturated carbocycles. The van der Waals surface area contributed by atoms with E-state index in [4.69, 9.17) is 30.2 Å². The van der Waals surface area contributed by atoms with Gasteiger partial charge in [-0.3, -0.25) is 4.79 Å². The van der Waals surface area contributed by atoms with Crippen molar-refractivity contribution in [1.29, 1.82) is 0 Å². The minimum atomic E-state index is -0.282. The van der Waals surface area contributed by atoms with Gasteiger partial charge in [-0.2, -0.15) is 9.50 Å². The monoisotopic (exact) mass is 495 g/mol. The standard InChI is InChI=1S/C24H18ClN3O5S/c1-30-18-10-14(11-19(31-2)21(18)32-3)22-26-24-28(27-22)23(29)20(34-24)12-16-8-9-17(33-16)13-4-6-15(25)7-5-13/h4-12H,1-3H3. The third kappa shape index (κ3) is 3.89. The molecule has 0 unspecified atom stereocenters. The van der Waals surface area contributed by atoms with Crippen molar-refractivity contribution in [2.75, 3.05) is 21.3 Å². The highest BCUT2D eigenvalue weighted by Crippen LogP contribution is 2.40. The molecule has 0 bridgehead atoms. The fourth-order valence-corrected chi connectivity index (χ4v) is 4.51. The lowest BCUT2D eigenvalue weighted by Crippen LogP contribution is -2.23. The van der Waals surface area contributed by atoms with Crippen molar-refractivity contribution < 1.29 is 18.6 Å². The first-order valence-electron chi connectivity index (χ1n) is 10.1. The number of nitrogens with zero attached hydrogens (tertiary/aromatic N) is 3. The van der Waals surface area contributed by atoms with Crippen LogP contribution in [-0.2, 0) is 0 Å². The molecule has 0 aliphatic rings. The normalized spacial score (nSPS) is 11.8. The molecule has 34 heavy (non-hydrogen) atoms. The van der Waals surface area contributed by atoms with E-state index in [1.54, 1.807) is 36.4 Å². The SMILES string of the molecule is COc1cc(-c2nc3sc(=Cc4ccc(-c5ccc(Cl)cc5)o4)c(=O)n3n2)cc(OC)c1OC. The van der Waals surface area contributed by atoms with Crippen molar-refractivity contribution in [1.82, 2.24) is 14.6 Å². The maximum atomic E-state index is 13.0. The molecule has 8 nitrogen and oxygen atoms in total. The minimum absolute atomic E-state index is 0.282. The van der Waals surface area contributed by atoms with Crippen molar-refractivity contribution in [3.05, 3.63) is 74.2 Å². The summed E-state index contributed by atoms with van der Waals surface area (Å²) < 4.78 is 23.8. The Balaban J connectivity index is 1.51. The zero-order valence-electron chi connectivity index (χ0n) is 18.4. The smallest absolute Gasteiger partial charge is 0.291 e. The molecule has 5 aromatic rings. The third-order valence-corrected chi connectivity index (χ3v) is 6.34. The lowest BCUT2D eigenvalue weighted by atomic mass is 10.1. The molecule has 2 aromatic carbocycles. The van der Waals surface area contributed by atoms with Crippen LogP contribution in [0.5, 0.6) is 17.2 Å². The number of rotatable bonds is 6. The van der Waals surface area contributed by atoms with Crippen LogP contribution in [0.2, 0.25) is 5.02 Å². The second-order valence-electron chi connectivity index (χ2n) is 7.17. The van der Waals surface area contributed by atoms with Crippen molar-refractivity contribution in [2.24, 2.45) is 0 Å². The van der Waals surface area contributed by atoms with Crippen LogP contribution in [0.1, 0.15) is 5.76 Å².